The maximum absolute atomic E-state index is 15.1. The molecule has 3 atom stereocenters. The van der Waals surface area contributed by atoms with Crippen LogP contribution in [-0.2, 0) is 4.74 Å². The average molecular weight is 550 g/mol. The Morgan fingerprint density at radius 3 is 2.51 bits per heavy atom. The summed E-state index contributed by atoms with van der Waals surface area (Å²) in [6, 6.07) is 4.05. The van der Waals surface area contributed by atoms with E-state index >= 15 is 4.39 Å². The number of amides is 1. The number of carbonyl (C=O) groups excluding carboxylic acids is 1. The van der Waals surface area contributed by atoms with Gasteiger partial charge in [0.1, 0.15) is 23.5 Å². The standard InChI is InChI=1S/C25H33BrFN5O3/c1-25(2,3)35-24(33)32-15-7-8-16(32)13-31(12-15)22-18-9-10-19(26)20(27)21(18)28-23(29-22)34-14-17-6-5-11-30(17)4/h9-10,15-17H,5-8,11-14H2,1-4H3/t15-,16+,17-/m0/s1. The van der Waals surface area contributed by atoms with Gasteiger partial charge in [0.2, 0.25) is 0 Å². The number of nitrogens with zero attached hydrogens (tertiary/aromatic N) is 5. The molecule has 1 amide bonds. The molecule has 35 heavy (non-hydrogen) atoms. The van der Waals surface area contributed by atoms with E-state index in [0.717, 1.165) is 32.2 Å². The summed E-state index contributed by atoms with van der Waals surface area (Å²) in [5, 5.41) is 0.640. The highest BCUT2D eigenvalue weighted by Crippen LogP contribution is 2.37. The molecule has 0 aliphatic carbocycles. The highest BCUT2D eigenvalue weighted by molar-refractivity contribution is 9.10. The largest absolute Gasteiger partial charge is 0.462 e. The molecule has 3 fully saturated rings. The van der Waals surface area contributed by atoms with Gasteiger partial charge >= 0.3 is 12.1 Å². The van der Waals surface area contributed by atoms with Gasteiger partial charge in [-0.2, -0.15) is 9.97 Å². The first-order chi connectivity index (χ1) is 16.6. The maximum atomic E-state index is 15.1. The van der Waals surface area contributed by atoms with Crippen LogP contribution in [0.3, 0.4) is 0 Å². The van der Waals surface area contributed by atoms with Crippen LogP contribution in [0.2, 0.25) is 0 Å². The van der Waals surface area contributed by atoms with Crippen LogP contribution in [0.1, 0.15) is 46.5 Å². The second kappa shape index (κ2) is 9.35. The van der Waals surface area contributed by atoms with E-state index < -0.39 is 11.4 Å². The predicted octanol–water partition coefficient (Wildman–Crippen LogP) is 4.59. The number of ether oxygens (including phenoxy) is 2. The third kappa shape index (κ3) is 4.91. The van der Waals surface area contributed by atoms with E-state index in [1.54, 1.807) is 6.07 Å². The van der Waals surface area contributed by atoms with Crippen molar-refractivity contribution in [1.29, 1.82) is 0 Å². The predicted molar refractivity (Wildman–Crippen MR) is 135 cm³/mol. The van der Waals surface area contributed by atoms with Gasteiger partial charge in [0.05, 0.1) is 16.6 Å². The molecular weight excluding hydrogens is 517 g/mol. The van der Waals surface area contributed by atoms with Gasteiger partial charge in [-0.25, -0.2) is 9.18 Å². The van der Waals surface area contributed by atoms with E-state index in [1.165, 1.54) is 0 Å². The first-order valence-corrected chi connectivity index (χ1v) is 13.1. The molecule has 0 saturated carbocycles. The molecule has 8 nitrogen and oxygen atoms in total. The lowest BCUT2D eigenvalue weighted by atomic mass is 10.1. The zero-order chi connectivity index (χ0) is 24.9. The number of anilines is 1. The minimum atomic E-state index is -0.541. The number of hydrogen-bond acceptors (Lipinski definition) is 7. The lowest BCUT2D eigenvalue weighted by Crippen LogP contribution is -2.57. The first kappa shape index (κ1) is 24.5. The Hall–Kier alpha value is -2.20. The Morgan fingerprint density at radius 2 is 1.89 bits per heavy atom. The Morgan fingerprint density at radius 1 is 1.17 bits per heavy atom. The summed E-state index contributed by atoms with van der Waals surface area (Å²) >= 11 is 3.28. The molecule has 0 radical (unpaired) electrons. The van der Waals surface area contributed by atoms with Crippen LogP contribution in [-0.4, -0.2) is 82.9 Å². The second-order valence-corrected chi connectivity index (χ2v) is 11.7. The van der Waals surface area contributed by atoms with Crippen molar-refractivity contribution in [1.82, 2.24) is 19.8 Å². The molecule has 3 aliphatic heterocycles. The summed E-state index contributed by atoms with van der Waals surface area (Å²) in [5.74, 6) is 0.223. The summed E-state index contributed by atoms with van der Waals surface area (Å²) < 4.78 is 27.2. The molecule has 1 aromatic heterocycles. The lowest BCUT2D eigenvalue weighted by molar-refractivity contribution is 0.0123. The molecule has 4 heterocycles. The van der Waals surface area contributed by atoms with Gasteiger partial charge in [-0.05, 0) is 88.1 Å². The fourth-order valence-electron chi connectivity index (χ4n) is 5.46. The Balaban J connectivity index is 1.43. The quantitative estimate of drug-likeness (QED) is 0.552. The minimum absolute atomic E-state index is 0.0189. The number of piperazine rings is 1. The summed E-state index contributed by atoms with van der Waals surface area (Å²) in [7, 11) is 2.09. The number of likely N-dealkylation sites (tertiary alicyclic amines) is 1. The third-order valence-corrected chi connectivity index (χ3v) is 7.79. The highest BCUT2D eigenvalue weighted by atomic mass is 79.9. The molecule has 1 aromatic carbocycles. The van der Waals surface area contributed by atoms with E-state index in [-0.39, 0.29) is 29.7 Å². The van der Waals surface area contributed by atoms with Gasteiger partial charge in [0, 0.05) is 24.5 Å². The van der Waals surface area contributed by atoms with Crippen LogP contribution in [0.25, 0.3) is 10.9 Å². The van der Waals surface area contributed by atoms with Crippen molar-refractivity contribution in [3.8, 4) is 6.01 Å². The van der Waals surface area contributed by atoms with Crippen LogP contribution in [0.4, 0.5) is 15.0 Å². The number of rotatable bonds is 4. The Kier molecular flexibility index (Phi) is 6.54. The lowest BCUT2D eigenvalue weighted by Gasteiger charge is -2.42. The van der Waals surface area contributed by atoms with Gasteiger partial charge in [0.15, 0.2) is 5.82 Å². The van der Waals surface area contributed by atoms with Crippen LogP contribution in [0.5, 0.6) is 6.01 Å². The van der Waals surface area contributed by atoms with Crippen molar-refractivity contribution in [2.45, 2.75) is 70.2 Å². The monoisotopic (exact) mass is 549 g/mol. The van der Waals surface area contributed by atoms with Crippen molar-refractivity contribution >= 4 is 38.7 Å². The van der Waals surface area contributed by atoms with Crippen LogP contribution in [0.15, 0.2) is 16.6 Å². The van der Waals surface area contributed by atoms with E-state index in [0.29, 0.717) is 41.4 Å². The van der Waals surface area contributed by atoms with E-state index in [9.17, 15) is 4.79 Å². The fraction of sp³-hybridized carbons (Fsp3) is 0.640. The van der Waals surface area contributed by atoms with Gasteiger partial charge in [-0.15, -0.1) is 0 Å². The zero-order valence-corrected chi connectivity index (χ0v) is 22.3. The molecule has 0 N–H and O–H groups in total. The summed E-state index contributed by atoms with van der Waals surface area (Å²) in [5.41, 5.74) is -0.304. The zero-order valence-electron chi connectivity index (χ0n) is 20.8. The number of benzene rings is 1. The number of aromatic nitrogens is 2. The van der Waals surface area contributed by atoms with Crippen LogP contribution < -0.4 is 9.64 Å². The summed E-state index contributed by atoms with van der Waals surface area (Å²) in [6.07, 6.45) is 3.74. The molecule has 0 unspecified atom stereocenters. The van der Waals surface area contributed by atoms with Gasteiger partial charge in [-0.1, -0.05) is 0 Å². The van der Waals surface area contributed by atoms with E-state index in [1.807, 2.05) is 31.7 Å². The van der Waals surface area contributed by atoms with Gasteiger partial charge < -0.3 is 19.3 Å². The molecule has 2 aromatic rings. The molecule has 5 rings (SSSR count). The molecule has 0 spiro atoms. The third-order valence-electron chi connectivity index (χ3n) is 7.18. The SMILES string of the molecule is CN1CCC[C@H]1COc1nc(N2C[C@H]3CC[C@@H](C2)N3C(=O)OC(C)(C)C)c2ccc(Br)c(F)c2n1. The molecule has 3 aliphatic rings. The number of likely N-dealkylation sites (N-methyl/N-ethyl adjacent to an activating group) is 1. The van der Waals surface area contributed by atoms with E-state index in [2.05, 4.69) is 37.8 Å². The smallest absolute Gasteiger partial charge is 0.410 e. The van der Waals surface area contributed by atoms with Gasteiger partial charge in [-0.3, -0.25) is 4.90 Å². The molecule has 10 heteroatoms. The number of carbonyl (C=O) groups is 1. The van der Waals surface area contributed by atoms with Crippen LogP contribution >= 0.6 is 15.9 Å². The second-order valence-electron chi connectivity index (χ2n) is 10.9. The van der Waals surface area contributed by atoms with Crippen LogP contribution in [0, 0.1) is 5.82 Å². The molecular formula is C25H33BrFN5O3. The number of halogens is 2. The normalized spacial score (nSPS) is 24.9. The first-order valence-electron chi connectivity index (χ1n) is 12.4. The van der Waals surface area contributed by atoms with Crippen molar-refractivity contribution in [3.63, 3.8) is 0 Å². The van der Waals surface area contributed by atoms with Crippen molar-refractivity contribution in [3.05, 3.63) is 22.4 Å². The minimum Gasteiger partial charge on any atom is -0.462 e. The summed E-state index contributed by atoms with van der Waals surface area (Å²) in [4.78, 5) is 28.4. The number of fused-ring (bicyclic) bond motifs is 3. The fourth-order valence-corrected chi connectivity index (χ4v) is 5.78. The van der Waals surface area contributed by atoms with Crippen molar-refractivity contribution in [2.75, 3.05) is 38.2 Å². The number of hydrogen-bond donors (Lipinski definition) is 0. The van der Waals surface area contributed by atoms with E-state index in [4.69, 9.17) is 14.5 Å². The topological polar surface area (TPSA) is 71.0 Å². The molecule has 2 bridgehead atoms. The Labute approximate surface area is 213 Å². The molecule has 190 valence electrons. The van der Waals surface area contributed by atoms with Gasteiger partial charge in [0.25, 0.3) is 0 Å². The molecule has 3 saturated heterocycles. The summed E-state index contributed by atoms with van der Waals surface area (Å²) in [6.45, 7) is 8.36. The average Bonchev–Trinajstić information content (AvgIpc) is 3.32. The van der Waals surface area contributed by atoms with Crippen molar-refractivity contribution < 1.29 is 18.7 Å². The Bertz CT molecular complexity index is 1110. The highest BCUT2D eigenvalue weighted by Gasteiger charge is 2.45. The maximum Gasteiger partial charge on any atom is 0.410 e. The van der Waals surface area contributed by atoms with Crippen molar-refractivity contribution in [2.24, 2.45) is 0 Å².